The van der Waals surface area contributed by atoms with Gasteiger partial charge < -0.3 is 15.7 Å². The summed E-state index contributed by atoms with van der Waals surface area (Å²) < 4.78 is 13.4. The maximum absolute atomic E-state index is 13.4. The van der Waals surface area contributed by atoms with Crippen molar-refractivity contribution in [2.45, 2.75) is 45.7 Å². The maximum Gasteiger partial charge on any atom is 0.326 e. The summed E-state index contributed by atoms with van der Waals surface area (Å²) in [5.41, 5.74) is 3.41. The van der Waals surface area contributed by atoms with Gasteiger partial charge in [-0.15, -0.1) is 0 Å². The van der Waals surface area contributed by atoms with Crippen LogP contribution in [0.3, 0.4) is 0 Å². The fourth-order valence-electron chi connectivity index (χ4n) is 2.99. The van der Waals surface area contributed by atoms with E-state index in [0.29, 0.717) is 5.56 Å². The van der Waals surface area contributed by atoms with Crippen molar-refractivity contribution in [2.24, 2.45) is 0 Å². The van der Waals surface area contributed by atoms with E-state index in [-0.39, 0.29) is 12.8 Å². The fourth-order valence-corrected chi connectivity index (χ4v) is 2.99. The molecule has 2 aromatic carbocycles. The summed E-state index contributed by atoms with van der Waals surface area (Å²) in [5.74, 6) is -2.71. The molecule has 0 saturated carbocycles. The van der Waals surface area contributed by atoms with Crippen molar-refractivity contribution < 1.29 is 23.9 Å². The van der Waals surface area contributed by atoms with Crippen LogP contribution in [0.2, 0.25) is 0 Å². The van der Waals surface area contributed by atoms with Crippen molar-refractivity contribution in [2.75, 3.05) is 0 Å². The number of carboxylic acids is 1. The van der Waals surface area contributed by atoms with Crippen molar-refractivity contribution in [3.63, 3.8) is 0 Å². The lowest BCUT2D eigenvalue weighted by Crippen LogP contribution is -2.52. The first-order valence-corrected chi connectivity index (χ1v) is 9.26. The summed E-state index contributed by atoms with van der Waals surface area (Å²) >= 11 is 0. The quantitative estimate of drug-likeness (QED) is 0.634. The molecule has 2 rings (SSSR count). The average molecular weight is 400 g/mol. The van der Waals surface area contributed by atoms with E-state index in [1.54, 1.807) is 6.07 Å². The van der Waals surface area contributed by atoms with Gasteiger partial charge in [0.15, 0.2) is 0 Å². The normalized spacial score (nSPS) is 12.7. The molecule has 0 unspecified atom stereocenters. The highest BCUT2D eigenvalue weighted by molar-refractivity contribution is 5.90. The second-order valence-corrected chi connectivity index (χ2v) is 7.11. The van der Waals surface area contributed by atoms with E-state index in [9.17, 15) is 23.9 Å². The largest absolute Gasteiger partial charge is 0.480 e. The first kappa shape index (κ1) is 22.1. The minimum Gasteiger partial charge on any atom is -0.480 e. The van der Waals surface area contributed by atoms with E-state index < -0.39 is 35.7 Å². The van der Waals surface area contributed by atoms with Gasteiger partial charge in [0.25, 0.3) is 0 Å². The van der Waals surface area contributed by atoms with Crippen LogP contribution in [-0.2, 0) is 27.2 Å². The Labute approximate surface area is 169 Å². The molecule has 0 aliphatic rings. The average Bonchev–Trinajstić information content (AvgIpc) is 2.63. The first-order chi connectivity index (χ1) is 13.7. The molecule has 0 heterocycles. The molecule has 0 aromatic heterocycles. The number of hydrogen-bond donors (Lipinski definition) is 3. The first-order valence-electron chi connectivity index (χ1n) is 9.26. The van der Waals surface area contributed by atoms with Crippen molar-refractivity contribution in [3.05, 3.63) is 70.5 Å². The molecule has 6 nitrogen and oxygen atoms in total. The van der Waals surface area contributed by atoms with Crippen LogP contribution in [0.15, 0.2) is 42.5 Å². The Hall–Kier alpha value is -3.22. The van der Waals surface area contributed by atoms with Crippen molar-refractivity contribution in [1.29, 1.82) is 0 Å². The Morgan fingerprint density at radius 1 is 0.931 bits per heavy atom. The van der Waals surface area contributed by atoms with Crippen LogP contribution in [0.5, 0.6) is 0 Å². The third kappa shape index (κ3) is 6.71. The van der Waals surface area contributed by atoms with Gasteiger partial charge in [0.1, 0.15) is 17.9 Å². The van der Waals surface area contributed by atoms with Gasteiger partial charge in [-0.3, -0.25) is 9.59 Å². The highest BCUT2D eigenvalue weighted by Crippen LogP contribution is 2.12. The number of carbonyl (C=O) groups excluding carboxylic acids is 2. The Balaban J connectivity index is 2.15. The molecular weight excluding hydrogens is 375 g/mol. The van der Waals surface area contributed by atoms with Gasteiger partial charge >= 0.3 is 5.97 Å². The number of carbonyl (C=O) groups is 3. The lowest BCUT2D eigenvalue weighted by molar-refractivity contribution is -0.142. The van der Waals surface area contributed by atoms with Crippen molar-refractivity contribution in [1.82, 2.24) is 10.6 Å². The molecule has 2 amide bonds. The van der Waals surface area contributed by atoms with Gasteiger partial charge in [-0.2, -0.15) is 0 Å². The molecular formula is C22H25FN2O4. The number of amides is 2. The van der Waals surface area contributed by atoms with Crippen LogP contribution in [-0.4, -0.2) is 35.0 Å². The van der Waals surface area contributed by atoms with Crippen LogP contribution in [0, 0.1) is 19.7 Å². The minimum atomic E-state index is -1.18. The molecule has 0 spiro atoms. The maximum atomic E-state index is 13.4. The zero-order valence-corrected chi connectivity index (χ0v) is 16.7. The number of nitrogens with one attached hydrogen (secondary N) is 2. The van der Waals surface area contributed by atoms with E-state index >= 15 is 0 Å². The summed E-state index contributed by atoms with van der Waals surface area (Å²) in [6.07, 6.45) is 0.147. The Morgan fingerprint density at radius 3 is 2.17 bits per heavy atom. The van der Waals surface area contributed by atoms with E-state index in [1.807, 2.05) is 32.0 Å². The number of benzene rings is 2. The van der Waals surface area contributed by atoms with Crippen LogP contribution in [0.25, 0.3) is 0 Å². The van der Waals surface area contributed by atoms with E-state index in [0.717, 1.165) is 16.7 Å². The highest BCUT2D eigenvalue weighted by atomic mass is 19.1. The number of carboxylic acid groups (broad SMARTS) is 1. The van der Waals surface area contributed by atoms with Gasteiger partial charge in [0.2, 0.25) is 11.8 Å². The topological polar surface area (TPSA) is 95.5 Å². The van der Waals surface area contributed by atoms with Gasteiger partial charge in [-0.1, -0.05) is 30.3 Å². The van der Waals surface area contributed by atoms with Gasteiger partial charge in [0, 0.05) is 19.8 Å². The SMILES string of the molecule is CC(=O)N[C@@H](Cc1cccc(F)c1)C(=O)N[C@@H](Cc1ccc(C)c(C)c1)C(=O)O. The minimum absolute atomic E-state index is 0.0408. The summed E-state index contributed by atoms with van der Waals surface area (Å²) in [7, 11) is 0. The van der Waals surface area contributed by atoms with Gasteiger partial charge in [-0.25, -0.2) is 9.18 Å². The molecule has 3 N–H and O–H groups in total. The zero-order chi connectivity index (χ0) is 21.6. The number of rotatable bonds is 8. The molecule has 0 radical (unpaired) electrons. The Kier molecular flexibility index (Phi) is 7.47. The number of aryl methyl sites for hydroxylation is 2. The van der Waals surface area contributed by atoms with Crippen LogP contribution < -0.4 is 10.6 Å². The summed E-state index contributed by atoms with van der Waals surface area (Å²) in [5, 5.41) is 14.5. The summed E-state index contributed by atoms with van der Waals surface area (Å²) in [4.78, 5) is 35.9. The molecule has 29 heavy (non-hydrogen) atoms. The molecule has 0 fully saturated rings. The Bertz CT molecular complexity index is 913. The molecule has 7 heteroatoms. The Morgan fingerprint density at radius 2 is 1.59 bits per heavy atom. The third-order valence-electron chi connectivity index (χ3n) is 4.65. The van der Waals surface area contributed by atoms with Crippen LogP contribution in [0.1, 0.15) is 29.2 Å². The van der Waals surface area contributed by atoms with E-state index in [4.69, 9.17) is 0 Å². The van der Waals surface area contributed by atoms with Crippen LogP contribution >= 0.6 is 0 Å². The van der Waals surface area contributed by atoms with Gasteiger partial charge in [-0.05, 0) is 48.2 Å². The summed E-state index contributed by atoms with van der Waals surface area (Å²) in [6.45, 7) is 5.15. The van der Waals surface area contributed by atoms with E-state index in [2.05, 4.69) is 10.6 Å². The highest BCUT2D eigenvalue weighted by Gasteiger charge is 2.26. The molecule has 0 aliphatic heterocycles. The second kappa shape index (κ2) is 9.82. The molecule has 0 bridgehead atoms. The molecule has 154 valence electrons. The van der Waals surface area contributed by atoms with Crippen molar-refractivity contribution >= 4 is 17.8 Å². The summed E-state index contributed by atoms with van der Waals surface area (Å²) in [6, 6.07) is 9.12. The fraction of sp³-hybridized carbons (Fsp3) is 0.318. The molecule has 0 saturated heterocycles. The lowest BCUT2D eigenvalue weighted by atomic mass is 10.00. The second-order valence-electron chi connectivity index (χ2n) is 7.11. The molecule has 2 atom stereocenters. The lowest BCUT2D eigenvalue weighted by Gasteiger charge is -2.21. The third-order valence-corrected chi connectivity index (χ3v) is 4.65. The molecule has 2 aromatic rings. The number of hydrogen-bond acceptors (Lipinski definition) is 3. The predicted molar refractivity (Wildman–Crippen MR) is 107 cm³/mol. The van der Waals surface area contributed by atoms with Crippen molar-refractivity contribution in [3.8, 4) is 0 Å². The number of aliphatic carboxylic acids is 1. The molecule has 0 aliphatic carbocycles. The smallest absolute Gasteiger partial charge is 0.326 e. The van der Waals surface area contributed by atoms with Gasteiger partial charge in [0.05, 0.1) is 0 Å². The zero-order valence-electron chi connectivity index (χ0n) is 16.7. The standard InChI is InChI=1S/C22H25FN2O4/c1-13-7-8-17(9-14(13)2)12-20(22(28)29)25-21(27)19(24-15(3)26)11-16-5-4-6-18(23)10-16/h4-10,19-20H,11-12H2,1-3H3,(H,24,26)(H,25,27)(H,28,29)/t19-,20-/m0/s1. The van der Waals surface area contributed by atoms with Crippen LogP contribution in [0.4, 0.5) is 4.39 Å². The number of halogens is 1. The van der Waals surface area contributed by atoms with E-state index in [1.165, 1.54) is 25.1 Å². The monoisotopic (exact) mass is 400 g/mol. The predicted octanol–water partition coefficient (Wildman–Crippen LogP) is 2.30.